The fourth-order valence-corrected chi connectivity index (χ4v) is 1.83. The molecule has 0 saturated carbocycles. The van der Waals surface area contributed by atoms with E-state index in [1.54, 1.807) is 12.3 Å². The third-order valence-corrected chi connectivity index (χ3v) is 2.94. The molecule has 0 aromatic carbocycles. The Morgan fingerprint density at radius 2 is 2.24 bits per heavy atom. The summed E-state index contributed by atoms with van der Waals surface area (Å²) in [6.45, 7) is 0. The van der Waals surface area contributed by atoms with Gasteiger partial charge in [-0.3, -0.25) is 0 Å². The first-order valence-corrected chi connectivity index (χ1v) is 6.21. The number of pyridine rings is 1. The Hall–Kier alpha value is -1.40. The Kier molecular flexibility index (Phi) is 3.44. The summed E-state index contributed by atoms with van der Waals surface area (Å²) >= 11 is 7.30. The number of halogens is 1. The van der Waals surface area contributed by atoms with Gasteiger partial charge in [0.15, 0.2) is 10.8 Å². The first-order chi connectivity index (χ1) is 8.15. The van der Waals surface area contributed by atoms with Crippen LogP contribution >= 0.6 is 23.4 Å². The van der Waals surface area contributed by atoms with Crippen LogP contribution in [0.25, 0.3) is 11.0 Å². The van der Waals surface area contributed by atoms with Gasteiger partial charge in [0, 0.05) is 11.6 Å². The minimum Gasteiger partial charge on any atom is -0.465 e. The quantitative estimate of drug-likeness (QED) is 0.360. The molecule has 2 heterocycles. The maximum Gasteiger partial charge on any atom is 0.341 e. The number of nitrogens with zero attached hydrogens (tertiary/aromatic N) is 3. The molecule has 0 spiro atoms. The van der Waals surface area contributed by atoms with Gasteiger partial charge in [-0.2, -0.15) is 0 Å². The second-order valence-electron chi connectivity index (χ2n) is 3.09. The summed E-state index contributed by atoms with van der Waals surface area (Å²) in [7, 11) is 1.29. The maximum atomic E-state index is 11.4. The van der Waals surface area contributed by atoms with Crippen molar-refractivity contribution in [1.82, 2.24) is 15.0 Å². The number of aromatic nitrogens is 3. The molecular formula is C10H8ClN3O2S. The van der Waals surface area contributed by atoms with Crippen molar-refractivity contribution in [2.45, 2.75) is 5.16 Å². The van der Waals surface area contributed by atoms with Crippen LogP contribution in [0.1, 0.15) is 10.4 Å². The molecule has 0 saturated heterocycles. The highest BCUT2D eigenvalue weighted by atomic mass is 35.5. The van der Waals surface area contributed by atoms with Crippen molar-refractivity contribution in [3.05, 3.63) is 23.0 Å². The lowest BCUT2D eigenvalue weighted by Gasteiger charge is -2.04. The summed E-state index contributed by atoms with van der Waals surface area (Å²) in [4.78, 5) is 23.7. The van der Waals surface area contributed by atoms with Crippen molar-refractivity contribution in [2.75, 3.05) is 13.4 Å². The van der Waals surface area contributed by atoms with Crippen LogP contribution in [0.3, 0.4) is 0 Å². The van der Waals surface area contributed by atoms with Crippen molar-refractivity contribution in [1.29, 1.82) is 0 Å². The zero-order valence-corrected chi connectivity index (χ0v) is 10.7. The second kappa shape index (κ2) is 4.85. The number of hydrogen-bond donors (Lipinski definition) is 0. The summed E-state index contributed by atoms with van der Waals surface area (Å²) < 4.78 is 4.60. The summed E-state index contributed by atoms with van der Waals surface area (Å²) in [6.07, 6.45) is 3.47. The van der Waals surface area contributed by atoms with Gasteiger partial charge in [0.2, 0.25) is 0 Å². The van der Waals surface area contributed by atoms with E-state index >= 15 is 0 Å². The van der Waals surface area contributed by atoms with E-state index in [-0.39, 0.29) is 10.7 Å². The van der Waals surface area contributed by atoms with E-state index in [0.29, 0.717) is 16.2 Å². The molecule has 0 amide bonds. The molecule has 17 heavy (non-hydrogen) atoms. The van der Waals surface area contributed by atoms with Gasteiger partial charge in [-0.05, 0) is 12.3 Å². The average Bonchev–Trinajstić information content (AvgIpc) is 2.36. The lowest BCUT2D eigenvalue weighted by Crippen LogP contribution is -2.04. The summed E-state index contributed by atoms with van der Waals surface area (Å²) in [6, 6.07) is 1.57. The van der Waals surface area contributed by atoms with Crippen LogP contribution in [0.2, 0.25) is 5.15 Å². The standard InChI is InChI=1S/C10H8ClN3O2S/c1-16-9(15)6-3-5-4-12-10(17-2)14-8(5)13-7(6)11/h3-4H,1-2H3. The van der Waals surface area contributed by atoms with Crippen LogP contribution < -0.4 is 0 Å². The lowest BCUT2D eigenvalue weighted by atomic mass is 10.2. The van der Waals surface area contributed by atoms with E-state index < -0.39 is 5.97 Å². The summed E-state index contributed by atoms with van der Waals surface area (Å²) in [5.74, 6) is -0.529. The van der Waals surface area contributed by atoms with Gasteiger partial charge in [0.25, 0.3) is 0 Å². The van der Waals surface area contributed by atoms with Crippen LogP contribution in [-0.2, 0) is 4.74 Å². The van der Waals surface area contributed by atoms with Crippen LogP contribution in [0.15, 0.2) is 17.4 Å². The minimum atomic E-state index is -0.529. The number of rotatable bonds is 2. The molecule has 0 fully saturated rings. The third kappa shape index (κ3) is 2.32. The summed E-state index contributed by atoms with van der Waals surface area (Å²) in [5.41, 5.74) is 0.671. The highest BCUT2D eigenvalue weighted by Crippen LogP contribution is 2.21. The van der Waals surface area contributed by atoms with E-state index in [1.165, 1.54) is 18.9 Å². The fraction of sp³-hybridized carbons (Fsp3) is 0.200. The van der Waals surface area contributed by atoms with Gasteiger partial charge in [0.1, 0.15) is 5.15 Å². The Morgan fingerprint density at radius 1 is 1.47 bits per heavy atom. The molecule has 0 aliphatic carbocycles. The molecule has 0 aliphatic rings. The molecule has 0 N–H and O–H groups in total. The first-order valence-electron chi connectivity index (χ1n) is 4.61. The summed E-state index contributed by atoms with van der Waals surface area (Å²) in [5, 5.41) is 1.33. The van der Waals surface area contributed by atoms with Gasteiger partial charge in [-0.25, -0.2) is 19.7 Å². The third-order valence-electron chi connectivity index (χ3n) is 2.09. The molecule has 0 atom stereocenters. The number of methoxy groups -OCH3 is 1. The van der Waals surface area contributed by atoms with E-state index in [0.717, 1.165) is 0 Å². The smallest absolute Gasteiger partial charge is 0.341 e. The fourth-order valence-electron chi connectivity index (χ4n) is 1.28. The Morgan fingerprint density at radius 3 is 2.88 bits per heavy atom. The van der Waals surface area contributed by atoms with E-state index in [1.807, 2.05) is 6.26 Å². The van der Waals surface area contributed by atoms with Gasteiger partial charge < -0.3 is 4.74 Å². The molecular weight excluding hydrogens is 262 g/mol. The number of ether oxygens (including phenoxy) is 1. The van der Waals surface area contributed by atoms with Gasteiger partial charge in [0.05, 0.1) is 12.7 Å². The highest BCUT2D eigenvalue weighted by molar-refractivity contribution is 7.98. The molecule has 5 nitrogen and oxygen atoms in total. The Labute approximate surface area is 107 Å². The van der Waals surface area contributed by atoms with Crippen molar-refractivity contribution in [3.63, 3.8) is 0 Å². The molecule has 2 rings (SSSR count). The molecule has 0 bridgehead atoms. The Balaban J connectivity index is 2.62. The van der Waals surface area contributed by atoms with Crippen molar-refractivity contribution < 1.29 is 9.53 Å². The largest absolute Gasteiger partial charge is 0.465 e. The van der Waals surface area contributed by atoms with E-state index in [4.69, 9.17) is 11.6 Å². The topological polar surface area (TPSA) is 65.0 Å². The maximum absolute atomic E-state index is 11.4. The van der Waals surface area contributed by atoms with Crippen molar-refractivity contribution in [3.8, 4) is 0 Å². The molecule has 2 aromatic heterocycles. The van der Waals surface area contributed by atoms with E-state index in [2.05, 4.69) is 19.7 Å². The van der Waals surface area contributed by atoms with Crippen molar-refractivity contribution >= 4 is 40.4 Å². The van der Waals surface area contributed by atoms with Gasteiger partial charge in [-0.15, -0.1) is 0 Å². The van der Waals surface area contributed by atoms with Crippen LogP contribution in [-0.4, -0.2) is 34.3 Å². The predicted molar refractivity (Wildman–Crippen MR) is 65.5 cm³/mol. The number of carbonyl (C=O) groups excluding carboxylic acids is 1. The predicted octanol–water partition coefficient (Wildman–Crippen LogP) is 2.19. The zero-order chi connectivity index (χ0) is 12.4. The minimum absolute atomic E-state index is 0.0788. The van der Waals surface area contributed by atoms with Gasteiger partial charge in [-0.1, -0.05) is 23.4 Å². The number of carbonyl (C=O) groups is 1. The SMILES string of the molecule is COC(=O)c1cc2cnc(SC)nc2nc1Cl. The Bertz CT molecular complexity index is 591. The monoisotopic (exact) mass is 269 g/mol. The molecule has 0 aliphatic heterocycles. The first kappa shape index (κ1) is 12.1. The normalized spacial score (nSPS) is 10.5. The molecule has 88 valence electrons. The number of hydrogen-bond acceptors (Lipinski definition) is 6. The molecule has 0 radical (unpaired) electrons. The molecule has 7 heteroatoms. The molecule has 0 unspecified atom stereocenters. The lowest BCUT2D eigenvalue weighted by molar-refractivity contribution is 0.0600. The van der Waals surface area contributed by atoms with Crippen molar-refractivity contribution in [2.24, 2.45) is 0 Å². The zero-order valence-electron chi connectivity index (χ0n) is 9.10. The number of fused-ring (bicyclic) bond motifs is 1. The number of esters is 1. The van der Waals surface area contributed by atoms with Crippen LogP contribution in [0.5, 0.6) is 0 Å². The average molecular weight is 270 g/mol. The highest BCUT2D eigenvalue weighted by Gasteiger charge is 2.14. The van der Waals surface area contributed by atoms with Crippen LogP contribution in [0.4, 0.5) is 0 Å². The van der Waals surface area contributed by atoms with Gasteiger partial charge >= 0.3 is 5.97 Å². The number of thioether (sulfide) groups is 1. The van der Waals surface area contributed by atoms with Crippen LogP contribution in [0, 0.1) is 0 Å². The second-order valence-corrected chi connectivity index (χ2v) is 4.22. The van der Waals surface area contributed by atoms with E-state index in [9.17, 15) is 4.79 Å². The molecule has 2 aromatic rings.